The van der Waals surface area contributed by atoms with Crippen LogP contribution in [0.5, 0.6) is 0 Å². The molecule has 0 unspecified atom stereocenters. The first-order valence-electron chi connectivity index (χ1n) is 7.60. The molecule has 0 saturated carbocycles. The highest BCUT2D eigenvalue weighted by Crippen LogP contribution is 2.20. The van der Waals surface area contributed by atoms with E-state index < -0.39 is 5.91 Å². The molecule has 2 heterocycles. The monoisotopic (exact) mass is 357 g/mol. The van der Waals surface area contributed by atoms with Crippen LogP contribution in [-0.2, 0) is 13.2 Å². The molecule has 1 amide bonds. The number of aliphatic hydroxyl groups excluding tert-OH is 1. The maximum Gasteiger partial charge on any atom is 0.257 e. The molecule has 25 heavy (non-hydrogen) atoms. The summed E-state index contributed by atoms with van der Waals surface area (Å²) < 4.78 is 5.47. The summed E-state index contributed by atoms with van der Waals surface area (Å²) in [5, 5.41) is 21.4. The highest BCUT2D eigenvalue weighted by molar-refractivity contribution is 6.30. The molecule has 2 aromatic heterocycles. The molecule has 7 heteroatoms. The van der Waals surface area contributed by atoms with Gasteiger partial charge in [-0.15, -0.1) is 0 Å². The van der Waals surface area contributed by atoms with Gasteiger partial charge < -0.3 is 14.8 Å². The van der Waals surface area contributed by atoms with Crippen molar-refractivity contribution < 1.29 is 14.3 Å². The lowest BCUT2D eigenvalue weighted by Crippen LogP contribution is -2.28. The van der Waals surface area contributed by atoms with Crippen LogP contribution in [-0.4, -0.2) is 16.0 Å². The van der Waals surface area contributed by atoms with Gasteiger partial charge in [0, 0.05) is 28.7 Å². The third kappa shape index (κ3) is 3.55. The van der Waals surface area contributed by atoms with Gasteiger partial charge in [-0.25, -0.2) is 0 Å². The average molecular weight is 358 g/mol. The fraction of sp³-hybridized carbons (Fsp3) is 0.167. The van der Waals surface area contributed by atoms with Crippen molar-refractivity contribution in [1.29, 1.82) is 5.41 Å². The van der Waals surface area contributed by atoms with Crippen molar-refractivity contribution in [1.82, 2.24) is 10.3 Å². The van der Waals surface area contributed by atoms with Gasteiger partial charge in [-0.05, 0) is 30.7 Å². The number of aromatic nitrogens is 1. The van der Waals surface area contributed by atoms with Crippen LogP contribution in [0, 0.1) is 12.3 Å². The van der Waals surface area contributed by atoms with Gasteiger partial charge >= 0.3 is 0 Å². The Labute approximate surface area is 148 Å². The van der Waals surface area contributed by atoms with Gasteiger partial charge in [0.25, 0.3) is 5.91 Å². The average Bonchev–Trinajstić information content (AvgIpc) is 2.61. The van der Waals surface area contributed by atoms with Crippen LogP contribution in [0.15, 0.2) is 40.9 Å². The van der Waals surface area contributed by atoms with Crippen LogP contribution in [0.1, 0.15) is 27.2 Å². The van der Waals surface area contributed by atoms with E-state index >= 15 is 0 Å². The van der Waals surface area contributed by atoms with Crippen LogP contribution in [0.3, 0.4) is 0 Å². The van der Waals surface area contributed by atoms with Gasteiger partial charge in [-0.2, -0.15) is 0 Å². The Kier molecular flexibility index (Phi) is 4.83. The summed E-state index contributed by atoms with van der Waals surface area (Å²) in [6, 6.07) is 8.67. The maximum atomic E-state index is 12.4. The van der Waals surface area contributed by atoms with E-state index in [1.165, 1.54) is 6.20 Å². The van der Waals surface area contributed by atoms with E-state index in [0.29, 0.717) is 33.8 Å². The third-order valence-electron chi connectivity index (χ3n) is 3.85. The Morgan fingerprint density at radius 3 is 2.76 bits per heavy atom. The minimum Gasteiger partial charge on any atom is -0.436 e. The van der Waals surface area contributed by atoms with Crippen LogP contribution in [0.25, 0.3) is 11.0 Å². The second-order valence-electron chi connectivity index (χ2n) is 5.57. The number of halogens is 1. The second-order valence-corrected chi connectivity index (χ2v) is 6.00. The van der Waals surface area contributed by atoms with Gasteiger partial charge in [0.15, 0.2) is 5.58 Å². The van der Waals surface area contributed by atoms with Crippen molar-refractivity contribution in [2.24, 2.45) is 0 Å². The molecule has 0 spiro atoms. The lowest BCUT2D eigenvalue weighted by molar-refractivity contribution is 0.0946. The largest absolute Gasteiger partial charge is 0.436 e. The molecule has 3 aromatic rings. The molecule has 1 aromatic carbocycles. The number of benzene rings is 1. The number of aliphatic hydroxyl groups is 1. The van der Waals surface area contributed by atoms with Crippen molar-refractivity contribution in [3.05, 3.63) is 69.5 Å². The standard InChI is InChI=1S/C18H16ClN3O3/c1-10-16-14(12(9-23)8-21-10)6-15(17(20)25-16)18(24)22-7-11-2-4-13(19)5-3-11/h2-6,8,20,23H,7,9H2,1H3,(H,22,24). The van der Waals surface area contributed by atoms with Crippen LogP contribution in [0.4, 0.5) is 0 Å². The summed E-state index contributed by atoms with van der Waals surface area (Å²) in [6.45, 7) is 1.81. The van der Waals surface area contributed by atoms with E-state index in [4.69, 9.17) is 21.4 Å². The lowest BCUT2D eigenvalue weighted by atomic mass is 10.1. The van der Waals surface area contributed by atoms with Crippen molar-refractivity contribution >= 4 is 28.5 Å². The number of carbonyl (C=O) groups is 1. The normalized spacial score (nSPS) is 10.8. The smallest absolute Gasteiger partial charge is 0.257 e. The summed E-state index contributed by atoms with van der Waals surface area (Å²) in [5.74, 6) is -0.427. The van der Waals surface area contributed by atoms with Gasteiger partial charge in [-0.1, -0.05) is 23.7 Å². The first-order valence-corrected chi connectivity index (χ1v) is 7.98. The van der Waals surface area contributed by atoms with Gasteiger partial charge in [-0.3, -0.25) is 15.2 Å². The number of aryl methyl sites for hydroxylation is 1. The first-order chi connectivity index (χ1) is 12.0. The number of nitrogens with one attached hydrogen (secondary N) is 2. The molecular formula is C18H16ClN3O3. The molecule has 0 aliphatic heterocycles. The Bertz CT molecular complexity index is 997. The molecule has 128 valence electrons. The molecule has 0 radical (unpaired) electrons. The predicted octanol–water partition coefficient (Wildman–Crippen LogP) is 2.69. The summed E-state index contributed by atoms with van der Waals surface area (Å²) >= 11 is 5.84. The summed E-state index contributed by atoms with van der Waals surface area (Å²) in [4.78, 5) is 16.6. The van der Waals surface area contributed by atoms with E-state index in [-0.39, 0.29) is 17.7 Å². The fourth-order valence-corrected chi connectivity index (χ4v) is 2.60. The van der Waals surface area contributed by atoms with Crippen molar-refractivity contribution in [3.63, 3.8) is 0 Å². The highest BCUT2D eigenvalue weighted by Gasteiger charge is 2.15. The third-order valence-corrected chi connectivity index (χ3v) is 4.10. The molecule has 3 rings (SSSR count). The number of nitrogens with zero attached hydrogens (tertiary/aromatic N) is 1. The predicted molar refractivity (Wildman–Crippen MR) is 93.1 cm³/mol. The number of rotatable bonds is 4. The van der Waals surface area contributed by atoms with Gasteiger partial charge in [0.05, 0.1) is 12.3 Å². The van der Waals surface area contributed by atoms with Crippen molar-refractivity contribution in [2.75, 3.05) is 0 Å². The molecule has 0 fully saturated rings. The molecule has 0 bridgehead atoms. The SMILES string of the molecule is Cc1ncc(CO)c2cc(C(=O)NCc3ccc(Cl)cc3)c(=N)oc12. The zero-order valence-corrected chi connectivity index (χ0v) is 14.2. The minimum atomic E-state index is -0.427. The van der Waals surface area contributed by atoms with E-state index in [1.54, 1.807) is 25.1 Å². The molecule has 0 aliphatic rings. The van der Waals surface area contributed by atoms with Crippen LogP contribution < -0.4 is 10.9 Å². The minimum absolute atomic E-state index is 0.0989. The summed E-state index contributed by atoms with van der Waals surface area (Å²) in [5.41, 5.74) is 2.26. The lowest BCUT2D eigenvalue weighted by Gasteiger charge is -2.09. The Balaban J connectivity index is 1.92. The van der Waals surface area contributed by atoms with E-state index in [1.807, 2.05) is 12.1 Å². The van der Waals surface area contributed by atoms with Crippen molar-refractivity contribution in [3.8, 4) is 0 Å². The highest BCUT2D eigenvalue weighted by atomic mass is 35.5. The number of amides is 1. The number of carbonyl (C=O) groups excluding carboxylic acids is 1. The molecule has 0 aliphatic carbocycles. The summed E-state index contributed by atoms with van der Waals surface area (Å²) in [6.07, 6.45) is 1.53. The van der Waals surface area contributed by atoms with Gasteiger partial charge in [0.2, 0.25) is 5.55 Å². The number of pyridine rings is 1. The Morgan fingerprint density at radius 2 is 2.08 bits per heavy atom. The van der Waals surface area contributed by atoms with Crippen molar-refractivity contribution in [2.45, 2.75) is 20.1 Å². The molecular weight excluding hydrogens is 342 g/mol. The van der Waals surface area contributed by atoms with E-state index in [0.717, 1.165) is 5.56 Å². The second kappa shape index (κ2) is 7.04. The Morgan fingerprint density at radius 1 is 1.36 bits per heavy atom. The molecule has 6 nitrogen and oxygen atoms in total. The number of hydrogen-bond donors (Lipinski definition) is 3. The number of hydrogen-bond acceptors (Lipinski definition) is 5. The van der Waals surface area contributed by atoms with Crippen LogP contribution >= 0.6 is 11.6 Å². The maximum absolute atomic E-state index is 12.4. The first kappa shape index (κ1) is 17.1. The zero-order chi connectivity index (χ0) is 18.0. The number of fused-ring (bicyclic) bond motifs is 1. The molecule has 3 N–H and O–H groups in total. The topological polar surface area (TPSA) is 99.2 Å². The van der Waals surface area contributed by atoms with E-state index in [2.05, 4.69) is 10.3 Å². The molecule has 0 atom stereocenters. The quantitative estimate of drug-likeness (QED) is 0.668. The molecule has 0 saturated heterocycles. The zero-order valence-electron chi connectivity index (χ0n) is 13.5. The summed E-state index contributed by atoms with van der Waals surface area (Å²) in [7, 11) is 0. The fourth-order valence-electron chi connectivity index (χ4n) is 2.47. The van der Waals surface area contributed by atoms with Gasteiger partial charge in [0.1, 0.15) is 5.56 Å². The van der Waals surface area contributed by atoms with Crippen LogP contribution in [0.2, 0.25) is 5.02 Å². The van der Waals surface area contributed by atoms with E-state index in [9.17, 15) is 9.90 Å². The Hall–Kier alpha value is -2.70.